The first-order valence-corrected chi connectivity index (χ1v) is 9.38. The van der Waals surface area contributed by atoms with E-state index in [0.717, 1.165) is 37.1 Å². The van der Waals surface area contributed by atoms with E-state index in [1.165, 1.54) is 12.1 Å². The number of benzene rings is 2. The fourth-order valence-corrected chi connectivity index (χ4v) is 4.61. The maximum atomic E-state index is 13.2. The quantitative estimate of drug-likeness (QED) is 0.887. The minimum absolute atomic E-state index is 0.100. The van der Waals surface area contributed by atoms with Gasteiger partial charge in [-0.15, -0.1) is 0 Å². The lowest BCUT2D eigenvalue weighted by atomic mass is 9.66. The van der Waals surface area contributed by atoms with E-state index in [9.17, 15) is 14.3 Å². The first-order valence-electron chi connectivity index (χ1n) is 9.38. The van der Waals surface area contributed by atoms with Crippen molar-refractivity contribution in [1.82, 2.24) is 4.90 Å². The van der Waals surface area contributed by atoms with Crippen LogP contribution in [-0.2, 0) is 5.60 Å². The van der Waals surface area contributed by atoms with Crippen molar-refractivity contribution < 1.29 is 14.3 Å². The van der Waals surface area contributed by atoms with Gasteiger partial charge in [-0.05, 0) is 67.3 Å². The molecule has 1 aliphatic heterocycles. The zero-order valence-electron chi connectivity index (χ0n) is 14.8. The molecule has 26 heavy (non-hydrogen) atoms. The molecule has 2 aromatic rings. The SMILES string of the molecule is O=C(c1ccccc1)N1CC[C@H]2CC(O)(c3ccc(F)cc3)CC[C@H]2C1. The summed E-state index contributed by atoms with van der Waals surface area (Å²) in [6.07, 6.45) is 3.15. The zero-order valence-corrected chi connectivity index (χ0v) is 14.8. The molecule has 0 bridgehead atoms. The van der Waals surface area contributed by atoms with Gasteiger partial charge in [0.2, 0.25) is 0 Å². The number of nitrogens with zero attached hydrogens (tertiary/aromatic N) is 1. The number of hydrogen-bond donors (Lipinski definition) is 1. The number of amides is 1. The molecular weight excluding hydrogens is 329 g/mol. The number of hydrogen-bond acceptors (Lipinski definition) is 2. The van der Waals surface area contributed by atoms with Crippen LogP contribution in [0.1, 0.15) is 41.6 Å². The maximum Gasteiger partial charge on any atom is 0.253 e. The molecule has 2 aliphatic rings. The first kappa shape index (κ1) is 17.2. The van der Waals surface area contributed by atoms with Crippen LogP contribution >= 0.6 is 0 Å². The van der Waals surface area contributed by atoms with Crippen LogP contribution in [0.25, 0.3) is 0 Å². The number of likely N-dealkylation sites (tertiary alicyclic amines) is 1. The predicted octanol–water partition coefficient (Wildman–Crippen LogP) is 3.98. The van der Waals surface area contributed by atoms with E-state index in [1.807, 2.05) is 35.2 Å². The van der Waals surface area contributed by atoms with Gasteiger partial charge in [0.25, 0.3) is 5.91 Å². The summed E-state index contributed by atoms with van der Waals surface area (Å²) in [7, 11) is 0. The van der Waals surface area contributed by atoms with Gasteiger partial charge in [-0.1, -0.05) is 30.3 Å². The maximum absolute atomic E-state index is 13.2. The molecular formula is C22H24FNO2. The van der Waals surface area contributed by atoms with Crippen molar-refractivity contribution in [1.29, 1.82) is 0 Å². The number of aliphatic hydroxyl groups is 1. The van der Waals surface area contributed by atoms with Gasteiger partial charge in [0.1, 0.15) is 5.82 Å². The number of carbonyl (C=O) groups is 1. The molecule has 1 heterocycles. The van der Waals surface area contributed by atoms with E-state index in [0.29, 0.717) is 24.7 Å². The Kier molecular flexibility index (Phi) is 4.53. The monoisotopic (exact) mass is 353 g/mol. The van der Waals surface area contributed by atoms with Crippen molar-refractivity contribution in [3.63, 3.8) is 0 Å². The highest BCUT2D eigenvalue weighted by Crippen LogP contribution is 2.46. The lowest BCUT2D eigenvalue weighted by Crippen LogP contribution is -2.48. The molecule has 1 unspecified atom stereocenters. The van der Waals surface area contributed by atoms with E-state index in [4.69, 9.17) is 0 Å². The van der Waals surface area contributed by atoms with Crippen molar-refractivity contribution in [3.8, 4) is 0 Å². The van der Waals surface area contributed by atoms with Gasteiger partial charge in [0.15, 0.2) is 0 Å². The Hall–Kier alpha value is -2.20. The number of piperidine rings is 1. The van der Waals surface area contributed by atoms with Crippen LogP contribution < -0.4 is 0 Å². The second-order valence-corrected chi connectivity index (χ2v) is 7.71. The molecule has 1 saturated heterocycles. The molecule has 136 valence electrons. The Morgan fingerprint density at radius 2 is 1.77 bits per heavy atom. The van der Waals surface area contributed by atoms with E-state index in [2.05, 4.69) is 0 Å². The minimum atomic E-state index is -0.875. The normalized spacial score (nSPS) is 28.5. The first-order chi connectivity index (χ1) is 12.5. The Bertz CT molecular complexity index is 776. The Labute approximate surface area is 153 Å². The molecule has 2 aromatic carbocycles. The third-order valence-electron chi connectivity index (χ3n) is 6.11. The lowest BCUT2D eigenvalue weighted by Gasteiger charge is -2.47. The molecule has 3 nitrogen and oxygen atoms in total. The summed E-state index contributed by atoms with van der Waals surface area (Å²) in [6, 6.07) is 15.7. The van der Waals surface area contributed by atoms with Crippen LogP contribution in [0.3, 0.4) is 0 Å². The van der Waals surface area contributed by atoms with E-state index in [1.54, 1.807) is 12.1 Å². The summed E-state index contributed by atoms with van der Waals surface area (Å²) < 4.78 is 13.2. The summed E-state index contributed by atoms with van der Waals surface area (Å²) in [5, 5.41) is 11.1. The Balaban J connectivity index is 1.44. The van der Waals surface area contributed by atoms with Crippen LogP contribution in [0.5, 0.6) is 0 Å². The lowest BCUT2D eigenvalue weighted by molar-refractivity contribution is -0.0575. The second kappa shape index (κ2) is 6.84. The molecule has 0 spiro atoms. The highest BCUT2D eigenvalue weighted by molar-refractivity contribution is 5.94. The molecule has 4 heteroatoms. The van der Waals surface area contributed by atoms with Gasteiger partial charge in [-0.3, -0.25) is 4.79 Å². The standard InChI is InChI=1S/C22H24FNO2/c23-20-8-6-19(7-9-20)22(26)12-10-18-15-24(13-11-17(18)14-22)21(25)16-4-2-1-3-5-16/h1-9,17-18,26H,10-15H2/t17-,18-,22?/m0/s1. The van der Waals surface area contributed by atoms with E-state index < -0.39 is 5.60 Å². The van der Waals surface area contributed by atoms with Crippen LogP contribution in [0.15, 0.2) is 54.6 Å². The second-order valence-electron chi connectivity index (χ2n) is 7.71. The highest BCUT2D eigenvalue weighted by atomic mass is 19.1. The predicted molar refractivity (Wildman–Crippen MR) is 98.1 cm³/mol. The van der Waals surface area contributed by atoms with Crippen molar-refractivity contribution in [2.24, 2.45) is 11.8 Å². The van der Waals surface area contributed by atoms with Crippen molar-refractivity contribution >= 4 is 5.91 Å². The number of rotatable bonds is 2. The van der Waals surface area contributed by atoms with Crippen LogP contribution in [-0.4, -0.2) is 29.0 Å². The smallest absolute Gasteiger partial charge is 0.253 e. The molecule has 1 aliphatic carbocycles. The Morgan fingerprint density at radius 1 is 1.04 bits per heavy atom. The minimum Gasteiger partial charge on any atom is -0.385 e. The van der Waals surface area contributed by atoms with Gasteiger partial charge < -0.3 is 10.0 Å². The fourth-order valence-electron chi connectivity index (χ4n) is 4.61. The van der Waals surface area contributed by atoms with Gasteiger partial charge in [0.05, 0.1) is 5.60 Å². The van der Waals surface area contributed by atoms with Gasteiger partial charge in [-0.2, -0.15) is 0 Å². The van der Waals surface area contributed by atoms with Crippen molar-refractivity contribution in [2.45, 2.75) is 31.3 Å². The fraction of sp³-hybridized carbons (Fsp3) is 0.409. The zero-order chi connectivity index (χ0) is 18.1. The van der Waals surface area contributed by atoms with Crippen molar-refractivity contribution in [2.75, 3.05) is 13.1 Å². The molecule has 1 saturated carbocycles. The summed E-state index contributed by atoms with van der Waals surface area (Å²) >= 11 is 0. The topological polar surface area (TPSA) is 40.5 Å². The largest absolute Gasteiger partial charge is 0.385 e. The third kappa shape index (κ3) is 3.26. The molecule has 0 radical (unpaired) electrons. The summed E-state index contributed by atoms with van der Waals surface area (Å²) in [4.78, 5) is 14.7. The number of fused-ring (bicyclic) bond motifs is 1. The summed E-state index contributed by atoms with van der Waals surface area (Å²) in [6.45, 7) is 1.49. The molecule has 0 aromatic heterocycles. The van der Waals surface area contributed by atoms with E-state index >= 15 is 0 Å². The Morgan fingerprint density at radius 3 is 2.50 bits per heavy atom. The molecule has 3 atom stereocenters. The van der Waals surface area contributed by atoms with E-state index in [-0.39, 0.29) is 11.7 Å². The van der Waals surface area contributed by atoms with Crippen LogP contribution in [0.2, 0.25) is 0 Å². The molecule has 2 fully saturated rings. The number of carbonyl (C=O) groups excluding carboxylic acids is 1. The third-order valence-corrected chi connectivity index (χ3v) is 6.11. The average Bonchev–Trinajstić information content (AvgIpc) is 2.68. The van der Waals surface area contributed by atoms with Crippen LogP contribution in [0, 0.1) is 17.7 Å². The number of halogens is 1. The van der Waals surface area contributed by atoms with Crippen molar-refractivity contribution in [3.05, 3.63) is 71.5 Å². The molecule has 4 rings (SSSR count). The summed E-state index contributed by atoms with van der Waals surface area (Å²) in [5.41, 5.74) is 0.672. The summed E-state index contributed by atoms with van der Waals surface area (Å²) in [5.74, 6) is 0.651. The molecule has 1 N–H and O–H groups in total. The van der Waals surface area contributed by atoms with Gasteiger partial charge in [0, 0.05) is 18.7 Å². The van der Waals surface area contributed by atoms with Gasteiger partial charge >= 0.3 is 0 Å². The average molecular weight is 353 g/mol. The highest BCUT2D eigenvalue weighted by Gasteiger charge is 2.43. The molecule has 1 amide bonds. The van der Waals surface area contributed by atoms with Crippen LogP contribution in [0.4, 0.5) is 4.39 Å². The van der Waals surface area contributed by atoms with Gasteiger partial charge in [-0.25, -0.2) is 4.39 Å².